The lowest BCUT2D eigenvalue weighted by molar-refractivity contribution is -0.141. The molecule has 1 aliphatic rings. The van der Waals surface area contributed by atoms with Gasteiger partial charge in [0.25, 0.3) is 0 Å². The molecule has 0 saturated carbocycles. The summed E-state index contributed by atoms with van der Waals surface area (Å²) in [5, 5.41) is 9.75. The highest BCUT2D eigenvalue weighted by Crippen LogP contribution is 2.43. The molecular weight excluding hydrogens is 318 g/mol. The number of benzene rings is 2. The highest BCUT2D eigenvalue weighted by atomic mass is 16.5. The van der Waals surface area contributed by atoms with Crippen LogP contribution in [-0.4, -0.2) is 43.3 Å². The van der Waals surface area contributed by atoms with Crippen molar-refractivity contribution in [2.24, 2.45) is 5.92 Å². The van der Waals surface area contributed by atoms with E-state index < -0.39 is 11.9 Å². The third-order valence-corrected chi connectivity index (χ3v) is 4.80. The molecule has 1 N–H and O–H groups in total. The van der Waals surface area contributed by atoms with Crippen molar-refractivity contribution in [1.82, 2.24) is 4.90 Å². The standard InChI is InChI=1S/C20H23NO4/c1-24-17-9-6-10-18(25-2)19(17)15-12-21(13-16(15)20(22)23)11-14-7-4-3-5-8-14/h3-10,15-16H,11-13H2,1-2H3,(H,22,23)/t15-,16-/m0/s1. The highest BCUT2D eigenvalue weighted by molar-refractivity contribution is 5.73. The topological polar surface area (TPSA) is 59.0 Å². The molecule has 132 valence electrons. The second-order valence-electron chi connectivity index (χ2n) is 6.31. The van der Waals surface area contributed by atoms with E-state index in [-0.39, 0.29) is 5.92 Å². The smallest absolute Gasteiger partial charge is 0.308 e. The minimum atomic E-state index is -0.784. The van der Waals surface area contributed by atoms with Gasteiger partial charge in [-0.05, 0) is 17.7 Å². The Labute approximate surface area is 147 Å². The Hall–Kier alpha value is -2.53. The number of methoxy groups -OCH3 is 2. The van der Waals surface area contributed by atoms with Crippen molar-refractivity contribution in [2.45, 2.75) is 12.5 Å². The monoisotopic (exact) mass is 341 g/mol. The third-order valence-electron chi connectivity index (χ3n) is 4.80. The number of carboxylic acid groups (broad SMARTS) is 1. The van der Waals surface area contributed by atoms with Gasteiger partial charge in [-0.25, -0.2) is 0 Å². The summed E-state index contributed by atoms with van der Waals surface area (Å²) >= 11 is 0. The largest absolute Gasteiger partial charge is 0.496 e. The average Bonchev–Trinajstić information content (AvgIpc) is 3.05. The Morgan fingerprint density at radius 1 is 1.04 bits per heavy atom. The molecule has 0 radical (unpaired) electrons. The Bertz CT molecular complexity index is 709. The molecule has 0 amide bonds. The number of rotatable bonds is 6. The first-order chi connectivity index (χ1) is 12.1. The molecule has 2 atom stereocenters. The molecule has 5 heteroatoms. The predicted molar refractivity (Wildman–Crippen MR) is 95.1 cm³/mol. The number of likely N-dealkylation sites (tertiary alicyclic amines) is 1. The van der Waals surface area contributed by atoms with Gasteiger partial charge in [0, 0.05) is 31.1 Å². The molecule has 0 spiro atoms. The summed E-state index contributed by atoms with van der Waals surface area (Å²) < 4.78 is 11.0. The van der Waals surface area contributed by atoms with Gasteiger partial charge in [-0.1, -0.05) is 36.4 Å². The molecular formula is C20H23NO4. The van der Waals surface area contributed by atoms with Crippen LogP contribution in [0, 0.1) is 5.92 Å². The van der Waals surface area contributed by atoms with Gasteiger partial charge < -0.3 is 14.6 Å². The van der Waals surface area contributed by atoms with Crippen LogP contribution < -0.4 is 9.47 Å². The van der Waals surface area contributed by atoms with Gasteiger partial charge in [-0.2, -0.15) is 0 Å². The zero-order valence-corrected chi connectivity index (χ0v) is 14.5. The fraction of sp³-hybridized carbons (Fsp3) is 0.350. The molecule has 0 bridgehead atoms. The Morgan fingerprint density at radius 3 is 2.24 bits per heavy atom. The first kappa shape index (κ1) is 17.3. The number of carboxylic acids is 1. The lowest BCUT2D eigenvalue weighted by atomic mass is 9.87. The normalized spacial score (nSPS) is 20.4. The zero-order chi connectivity index (χ0) is 17.8. The molecule has 2 aromatic rings. The number of hydrogen-bond donors (Lipinski definition) is 1. The van der Waals surface area contributed by atoms with Crippen molar-refractivity contribution >= 4 is 5.97 Å². The molecule has 3 rings (SSSR count). The van der Waals surface area contributed by atoms with Crippen molar-refractivity contribution in [2.75, 3.05) is 27.3 Å². The number of ether oxygens (including phenoxy) is 2. The van der Waals surface area contributed by atoms with Gasteiger partial charge in [-0.3, -0.25) is 9.69 Å². The number of nitrogens with zero attached hydrogens (tertiary/aromatic N) is 1. The molecule has 0 aliphatic carbocycles. The van der Waals surface area contributed by atoms with Gasteiger partial charge in [-0.15, -0.1) is 0 Å². The second kappa shape index (κ2) is 7.57. The van der Waals surface area contributed by atoms with Crippen LogP contribution in [-0.2, 0) is 11.3 Å². The highest BCUT2D eigenvalue weighted by Gasteiger charge is 2.41. The van der Waals surface area contributed by atoms with E-state index in [0.717, 1.165) is 12.1 Å². The summed E-state index contributed by atoms with van der Waals surface area (Å²) in [5.41, 5.74) is 2.02. The zero-order valence-electron chi connectivity index (χ0n) is 14.5. The van der Waals surface area contributed by atoms with Crippen LogP contribution in [0.2, 0.25) is 0 Å². The van der Waals surface area contributed by atoms with Crippen LogP contribution >= 0.6 is 0 Å². The van der Waals surface area contributed by atoms with Crippen molar-refractivity contribution < 1.29 is 19.4 Å². The molecule has 1 fully saturated rings. The Morgan fingerprint density at radius 2 is 1.68 bits per heavy atom. The van der Waals surface area contributed by atoms with Crippen LogP contribution in [0.3, 0.4) is 0 Å². The SMILES string of the molecule is COc1cccc(OC)c1[C@H]1CN(Cc2ccccc2)C[C@@H]1C(=O)O. The summed E-state index contributed by atoms with van der Waals surface area (Å²) in [4.78, 5) is 14.1. The van der Waals surface area contributed by atoms with E-state index in [1.807, 2.05) is 36.4 Å². The molecule has 1 aliphatic heterocycles. The van der Waals surface area contributed by atoms with Crippen molar-refractivity contribution in [3.05, 3.63) is 59.7 Å². The summed E-state index contributed by atoms with van der Waals surface area (Å²) in [5.74, 6) is -0.0935. The van der Waals surface area contributed by atoms with Crippen LogP contribution in [0.25, 0.3) is 0 Å². The van der Waals surface area contributed by atoms with Gasteiger partial charge in [0.15, 0.2) is 0 Å². The first-order valence-electron chi connectivity index (χ1n) is 8.34. The summed E-state index contributed by atoms with van der Waals surface area (Å²) in [6.45, 7) is 1.90. The molecule has 25 heavy (non-hydrogen) atoms. The van der Waals surface area contributed by atoms with Gasteiger partial charge in [0.2, 0.25) is 0 Å². The average molecular weight is 341 g/mol. The second-order valence-corrected chi connectivity index (χ2v) is 6.31. The van der Waals surface area contributed by atoms with E-state index in [0.29, 0.717) is 24.6 Å². The fourth-order valence-electron chi connectivity index (χ4n) is 3.64. The van der Waals surface area contributed by atoms with Crippen molar-refractivity contribution in [1.29, 1.82) is 0 Å². The van der Waals surface area contributed by atoms with Crippen LogP contribution in [0.1, 0.15) is 17.0 Å². The Kier molecular flexibility index (Phi) is 5.24. The van der Waals surface area contributed by atoms with Gasteiger partial charge >= 0.3 is 5.97 Å². The molecule has 5 nitrogen and oxygen atoms in total. The molecule has 0 unspecified atom stereocenters. The maximum Gasteiger partial charge on any atom is 0.308 e. The summed E-state index contributed by atoms with van der Waals surface area (Å²) in [6, 6.07) is 15.7. The Balaban J connectivity index is 1.91. The minimum absolute atomic E-state index is 0.174. The summed E-state index contributed by atoms with van der Waals surface area (Å²) in [6.07, 6.45) is 0. The van der Waals surface area contributed by atoms with E-state index in [1.54, 1.807) is 14.2 Å². The number of aliphatic carboxylic acids is 1. The van der Waals surface area contributed by atoms with Gasteiger partial charge in [0.1, 0.15) is 11.5 Å². The lowest BCUT2D eigenvalue weighted by Crippen LogP contribution is -2.23. The van der Waals surface area contributed by atoms with E-state index in [1.165, 1.54) is 5.56 Å². The fourth-order valence-corrected chi connectivity index (χ4v) is 3.64. The maximum absolute atomic E-state index is 11.9. The first-order valence-corrected chi connectivity index (χ1v) is 8.34. The van der Waals surface area contributed by atoms with E-state index in [2.05, 4.69) is 17.0 Å². The molecule has 0 aromatic heterocycles. The van der Waals surface area contributed by atoms with Crippen molar-refractivity contribution in [3.8, 4) is 11.5 Å². The number of carbonyl (C=O) groups is 1. The lowest BCUT2D eigenvalue weighted by Gasteiger charge is -2.21. The predicted octanol–water partition coefficient (Wildman–Crippen LogP) is 3.00. The van der Waals surface area contributed by atoms with Gasteiger partial charge in [0.05, 0.1) is 20.1 Å². The quantitative estimate of drug-likeness (QED) is 0.875. The molecule has 1 saturated heterocycles. The van der Waals surface area contributed by atoms with Crippen LogP contribution in [0.15, 0.2) is 48.5 Å². The van der Waals surface area contributed by atoms with Crippen molar-refractivity contribution in [3.63, 3.8) is 0 Å². The minimum Gasteiger partial charge on any atom is -0.496 e. The van der Waals surface area contributed by atoms with E-state index in [9.17, 15) is 9.90 Å². The summed E-state index contributed by atoms with van der Waals surface area (Å²) in [7, 11) is 3.20. The van der Waals surface area contributed by atoms with E-state index >= 15 is 0 Å². The number of hydrogen-bond acceptors (Lipinski definition) is 4. The van der Waals surface area contributed by atoms with Crippen LogP contribution in [0.4, 0.5) is 0 Å². The van der Waals surface area contributed by atoms with E-state index in [4.69, 9.17) is 9.47 Å². The maximum atomic E-state index is 11.9. The molecule has 2 aromatic carbocycles. The molecule has 1 heterocycles. The van der Waals surface area contributed by atoms with Crippen LogP contribution in [0.5, 0.6) is 11.5 Å². The third kappa shape index (κ3) is 3.61.